The van der Waals surface area contributed by atoms with Crippen LogP contribution in [0.15, 0.2) is 0 Å². The van der Waals surface area contributed by atoms with Crippen LogP contribution in [0.5, 0.6) is 0 Å². The largest absolute Gasteiger partial charge is 0.381 e. The first kappa shape index (κ1) is 14.3. The summed E-state index contributed by atoms with van der Waals surface area (Å²) in [6.07, 6.45) is 3.78. The molecular weight excluding hydrogens is 224 g/mol. The lowest BCUT2D eigenvalue weighted by Crippen LogP contribution is -2.58. The zero-order chi connectivity index (χ0) is 13.0. The molecule has 2 aliphatic heterocycles. The Kier molecular flexibility index (Phi) is 5.46. The molecule has 3 nitrogen and oxygen atoms in total. The maximum atomic E-state index is 5.47. The molecule has 0 aliphatic carbocycles. The molecule has 0 aromatic rings. The van der Waals surface area contributed by atoms with Crippen LogP contribution in [0.1, 0.15) is 40.0 Å². The lowest BCUT2D eigenvalue weighted by Gasteiger charge is -2.43. The number of rotatable bonds is 4. The summed E-state index contributed by atoms with van der Waals surface area (Å²) in [5.41, 5.74) is 0. The summed E-state index contributed by atoms with van der Waals surface area (Å²) >= 11 is 0. The summed E-state index contributed by atoms with van der Waals surface area (Å²) in [4.78, 5) is 2.75. The third-order valence-electron chi connectivity index (χ3n) is 4.67. The van der Waals surface area contributed by atoms with E-state index in [0.717, 1.165) is 31.1 Å². The van der Waals surface area contributed by atoms with Gasteiger partial charge in [-0.05, 0) is 31.1 Å². The van der Waals surface area contributed by atoms with Crippen molar-refractivity contribution in [3.63, 3.8) is 0 Å². The first-order valence-corrected chi connectivity index (χ1v) is 7.75. The Morgan fingerprint density at radius 1 is 1.28 bits per heavy atom. The maximum Gasteiger partial charge on any atom is 0.0469 e. The van der Waals surface area contributed by atoms with Crippen LogP contribution < -0.4 is 5.32 Å². The summed E-state index contributed by atoms with van der Waals surface area (Å²) in [5.74, 6) is 1.60. The highest BCUT2D eigenvalue weighted by Crippen LogP contribution is 2.21. The Bertz CT molecular complexity index is 239. The van der Waals surface area contributed by atoms with Crippen LogP contribution in [0, 0.1) is 11.8 Å². The van der Waals surface area contributed by atoms with Gasteiger partial charge in [0.15, 0.2) is 0 Å². The second-order valence-electron chi connectivity index (χ2n) is 6.33. The van der Waals surface area contributed by atoms with Gasteiger partial charge >= 0.3 is 0 Å². The number of nitrogens with zero attached hydrogens (tertiary/aromatic N) is 1. The molecule has 0 radical (unpaired) electrons. The quantitative estimate of drug-likeness (QED) is 0.832. The minimum atomic E-state index is 0.674. The summed E-state index contributed by atoms with van der Waals surface area (Å²) in [6.45, 7) is 12.6. The molecule has 2 rings (SSSR count). The minimum Gasteiger partial charge on any atom is -0.381 e. The normalized spacial score (nSPS) is 32.0. The van der Waals surface area contributed by atoms with Gasteiger partial charge in [-0.25, -0.2) is 0 Å². The van der Waals surface area contributed by atoms with Crippen molar-refractivity contribution >= 4 is 0 Å². The van der Waals surface area contributed by atoms with E-state index >= 15 is 0 Å². The van der Waals surface area contributed by atoms with Gasteiger partial charge in [0, 0.05) is 44.9 Å². The van der Waals surface area contributed by atoms with Crippen molar-refractivity contribution < 1.29 is 4.74 Å². The van der Waals surface area contributed by atoms with Crippen molar-refractivity contribution in [2.45, 2.75) is 52.1 Å². The Labute approximate surface area is 112 Å². The lowest BCUT2D eigenvalue weighted by molar-refractivity contribution is 0.0317. The Balaban J connectivity index is 1.88. The highest BCUT2D eigenvalue weighted by atomic mass is 16.5. The molecular formula is C15H30N2O. The van der Waals surface area contributed by atoms with Gasteiger partial charge in [0.25, 0.3) is 0 Å². The lowest BCUT2D eigenvalue weighted by atomic mass is 9.94. The summed E-state index contributed by atoms with van der Waals surface area (Å²) in [6, 6.07) is 1.41. The third kappa shape index (κ3) is 3.69. The molecule has 0 aromatic heterocycles. The Morgan fingerprint density at radius 3 is 2.61 bits per heavy atom. The molecule has 2 heterocycles. The van der Waals surface area contributed by atoms with E-state index in [9.17, 15) is 0 Å². The van der Waals surface area contributed by atoms with Crippen LogP contribution in [0.25, 0.3) is 0 Å². The van der Waals surface area contributed by atoms with Gasteiger partial charge in [-0.3, -0.25) is 4.90 Å². The number of nitrogens with one attached hydrogen (secondary N) is 1. The molecule has 1 N–H and O–H groups in total. The van der Waals surface area contributed by atoms with Crippen molar-refractivity contribution in [2.75, 3.05) is 32.8 Å². The van der Waals surface area contributed by atoms with E-state index in [1.807, 2.05) is 0 Å². The standard InChI is InChI=1S/C15H30N2O/c1-4-14-9-16-15(12(2)3)11-17(14)10-13-5-7-18-8-6-13/h12-16H,4-11H2,1-3H3. The molecule has 0 aromatic carbocycles. The second-order valence-corrected chi connectivity index (χ2v) is 6.33. The molecule has 2 saturated heterocycles. The number of piperazine rings is 1. The fourth-order valence-corrected chi connectivity index (χ4v) is 3.22. The number of hydrogen-bond donors (Lipinski definition) is 1. The zero-order valence-electron chi connectivity index (χ0n) is 12.3. The van der Waals surface area contributed by atoms with E-state index in [1.54, 1.807) is 0 Å². The molecule has 0 bridgehead atoms. The van der Waals surface area contributed by atoms with Crippen molar-refractivity contribution in [1.82, 2.24) is 10.2 Å². The van der Waals surface area contributed by atoms with Crippen LogP contribution in [0.2, 0.25) is 0 Å². The van der Waals surface area contributed by atoms with Crippen LogP contribution >= 0.6 is 0 Å². The van der Waals surface area contributed by atoms with Gasteiger partial charge in [0.05, 0.1) is 0 Å². The fourth-order valence-electron chi connectivity index (χ4n) is 3.22. The molecule has 106 valence electrons. The summed E-state index contributed by atoms with van der Waals surface area (Å²) < 4.78 is 5.47. The Hall–Kier alpha value is -0.120. The van der Waals surface area contributed by atoms with Gasteiger partial charge in [-0.2, -0.15) is 0 Å². The van der Waals surface area contributed by atoms with Crippen LogP contribution in [-0.2, 0) is 4.74 Å². The van der Waals surface area contributed by atoms with Gasteiger partial charge < -0.3 is 10.1 Å². The highest BCUT2D eigenvalue weighted by molar-refractivity contribution is 4.88. The topological polar surface area (TPSA) is 24.5 Å². The predicted molar refractivity (Wildman–Crippen MR) is 75.8 cm³/mol. The van der Waals surface area contributed by atoms with Crippen molar-refractivity contribution in [1.29, 1.82) is 0 Å². The average molecular weight is 254 g/mol. The van der Waals surface area contributed by atoms with E-state index in [4.69, 9.17) is 4.74 Å². The minimum absolute atomic E-state index is 0.674. The molecule has 2 fully saturated rings. The van der Waals surface area contributed by atoms with Crippen molar-refractivity contribution in [3.8, 4) is 0 Å². The Morgan fingerprint density at radius 2 is 2.00 bits per heavy atom. The molecule has 0 amide bonds. The summed E-state index contributed by atoms with van der Waals surface area (Å²) in [7, 11) is 0. The molecule has 0 saturated carbocycles. The van der Waals surface area contributed by atoms with Gasteiger partial charge in [0.1, 0.15) is 0 Å². The van der Waals surface area contributed by atoms with E-state index in [2.05, 4.69) is 31.0 Å². The van der Waals surface area contributed by atoms with Crippen molar-refractivity contribution in [3.05, 3.63) is 0 Å². The van der Waals surface area contributed by atoms with E-state index in [-0.39, 0.29) is 0 Å². The second kappa shape index (κ2) is 6.88. The van der Waals surface area contributed by atoms with E-state index in [0.29, 0.717) is 6.04 Å². The number of hydrogen-bond acceptors (Lipinski definition) is 3. The highest BCUT2D eigenvalue weighted by Gasteiger charge is 2.30. The predicted octanol–water partition coefficient (Wildman–Crippen LogP) is 2.12. The molecule has 2 atom stereocenters. The third-order valence-corrected chi connectivity index (χ3v) is 4.67. The van der Waals surface area contributed by atoms with Crippen LogP contribution in [-0.4, -0.2) is 49.8 Å². The molecule has 18 heavy (non-hydrogen) atoms. The first-order valence-electron chi connectivity index (χ1n) is 7.75. The van der Waals surface area contributed by atoms with Gasteiger partial charge in [-0.15, -0.1) is 0 Å². The van der Waals surface area contributed by atoms with Crippen LogP contribution in [0.3, 0.4) is 0 Å². The molecule has 0 spiro atoms. The van der Waals surface area contributed by atoms with E-state index in [1.165, 1.54) is 38.9 Å². The zero-order valence-corrected chi connectivity index (χ0v) is 12.3. The molecule has 2 aliphatic rings. The van der Waals surface area contributed by atoms with Crippen LogP contribution in [0.4, 0.5) is 0 Å². The van der Waals surface area contributed by atoms with Gasteiger partial charge in [-0.1, -0.05) is 20.8 Å². The first-order chi connectivity index (χ1) is 8.70. The monoisotopic (exact) mass is 254 g/mol. The smallest absolute Gasteiger partial charge is 0.0469 e. The SMILES string of the molecule is CCC1CNC(C(C)C)CN1CC1CCOCC1. The van der Waals surface area contributed by atoms with E-state index < -0.39 is 0 Å². The maximum absolute atomic E-state index is 5.47. The van der Waals surface area contributed by atoms with Gasteiger partial charge in [0.2, 0.25) is 0 Å². The average Bonchev–Trinajstić information content (AvgIpc) is 2.39. The number of ether oxygens (including phenoxy) is 1. The molecule has 3 heteroatoms. The summed E-state index contributed by atoms with van der Waals surface area (Å²) in [5, 5.41) is 3.72. The molecule has 2 unspecified atom stereocenters. The van der Waals surface area contributed by atoms with Crippen molar-refractivity contribution in [2.24, 2.45) is 11.8 Å². The fraction of sp³-hybridized carbons (Fsp3) is 1.00.